The number of hydrogen-bond acceptors (Lipinski definition) is 8. The van der Waals surface area contributed by atoms with Crippen LogP contribution >= 0.6 is 0 Å². The Labute approximate surface area is 221 Å². The molecule has 0 aromatic carbocycles. The summed E-state index contributed by atoms with van der Waals surface area (Å²) in [7, 11) is -4.10. The molecule has 4 aliphatic rings. The van der Waals surface area contributed by atoms with Crippen molar-refractivity contribution in [3.8, 4) is 0 Å². The third kappa shape index (κ3) is 6.02. The van der Waals surface area contributed by atoms with E-state index in [4.69, 9.17) is 4.55 Å². The van der Waals surface area contributed by atoms with Crippen molar-refractivity contribution in [2.24, 2.45) is 58.0 Å². The number of amides is 1. The maximum Gasteiger partial charge on any atom is 0.266 e. The number of nitrogens with two attached hydrogens (primary N) is 2. The van der Waals surface area contributed by atoms with Gasteiger partial charge < -0.3 is 20.6 Å². The number of rotatable bonds is 7. The molecule has 0 radical (unpaired) electrons. The fourth-order valence-electron chi connectivity index (χ4n) is 9.10. The van der Waals surface area contributed by atoms with Crippen LogP contribution in [0.2, 0.25) is 0 Å². The quantitative estimate of drug-likeness (QED) is 0.139. The van der Waals surface area contributed by atoms with E-state index in [0.29, 0.717) is 18.8 Å². The molecule has 37 heavy (non-hydrogen) atoms. The van der Waals surface area contributed by atoms with Gasteiger partial charge >= 0.3 is 0 Å². The third-order valence-corrected chi connectivity index (χ3v) is 11.7. The van der Waals surface area contributed by atoms with Crippen LogP contribution in [0.15, 0.2) is 0 Å². The predicted octanol–water partition coefficient (Wildman–Crippen LogP) is 1.19. The van der Waals surface area contributed by atoms with Gasteiger partial charge in [0.2, 0.25) is 5.91 Å². The van der Waals surface area contributed by atoms with Crippen LogP contribution in [0, 0.1) is 46.3 Å². The Bertz CT molecular complexity index is 905. The standard InChI is InChI=1S/C26H45NO7S.H4N2/c1-15(4-7-23(31)27-10-11-35(32,33)34)18-5-6-19-24-20(14-22(30)26(18,19)3)25(2)9-8-17(28)12-16(25)13-21(24)29;1-2/h15-22,24,28-30H,4-14H2,1-3H3,(H,27,31)(H,32,33,34);1-2H2/t15-,16?,17-,18-,19?,20?,21-,22+,24?,25+,26-;/m1./s1. The molecule has 9 N–H and O–H groups in total. The lowest BCUT2D eigenvalue weighted by atomic mass is 9.43. The van der Waals surface area contributed by atoms with Crippen LogP contribution < -0.4 is 17.0 Å². The van der Waals surface area contributed by atoms with E-state index >= 15 is 0 Å². The maximum absolute atomic E-state index is 12.2. The Morgan fingerprint density at radius 1 is 1.05 bits per heavy atom. The number of hydrazine groups is 1. The zero-order valence-corrected chi connectivity index (χ0v) is 23.4. The molecule has 0 bridgehead atoms. The van der Waals surface area contributed by atoms with Crippen molar-refractivity contribution in [2.75, 3.05) is 12.3 Å². The molecule has 0 heterocycles. The second-order valence-electron chi connectivity index (χ2n) is 12.7. The van der Waals surface area contributed by atoms with Gasteiger partial charge in [-0.05, 0) is 97.7 Å². The van der Waals surface area contributed by atoms with E-state index in [1.165, 1.54) is 0 Å². The number of aliphatic hydroxyl groups is 3. The highest BCUT2D eigenvalue weighted by molar-refractivity contribution is 7.85. The van der Waals surface area contributed by atoms with E-state index in [1.807, 2.05) is 0 Å². The first-order chi connectivity index (χ1) is 17.3. The lowest BCUT2D eigenvalue weighted by Gasteiger charge is -2.63. The summed E-state index contributed by atoms with van der Waals surface area (Å²) >= 11 is 0. The summed E-state index contributed by atoms with van der Waals surface area (Å²) in [4.78, 5) is 12.2. The summed E-state index contributed by atoms with van der Waals surface area (Å²) in [5.41, 5.74) is -0.254. The highest BCUT2D eigenvalue weighted by Crippen LogP contribution is 2.68. The number of carbonyl (C=O) groups excluding carboxylic acids is 1. The number of nitrogens with one attached hydrogen (secondary N) is 1. The first kappa shape index (κ1) is 30.7. The van der Waals surface area contributed by atoms with Crippen molar-refractivity contribution in [1.82, 2.24) is 5.32 Å². The van der Waals surface area contributed by atoms with E-state index in [9.17, 15) is 28.5 Å². The van der Waals surface area contributed by atoms with Crippen molar-refractivity contribution < 1.29 is 33.1 Å². The Morgan fingerprint density at radius 3 is 2.38 bits per heavy atom. The molecule has 11 heteroatoms. The van der Waals surface area contributed by atoms with E-state index < -0.39 is 28.1 Å². The molecule has 11 atom stereocenters. The van der Waals surface area contributed by atoms with Gasteiger partial charge in [0.15, 0.2) is 0 Å². The van der Waals surface area contributed by atoms with Crippen molar-refractivity contribution >= 4 is 16.0 Å². The van der Waals surface area contributed by atoms with Gasteiger partial charge in [0.1, 0.15) is 0 Å². The van der Waals surface area contributed by atoms with Gasteiger partial charge in [0.25, 0.3) is 10.1 Å². The van der Waals surface area contributed by atoms with Crippen LogP contribution in [0.1, 0.15) is 78.6 Å². The molecule has 216 valence electrons. The minimum atomic E-state index is -4.10. The van der Waals surface area contributed by atoms with Crippen LogP contribution in [0.3, 0.4) is 0 Å². The fourth-order valence-corrected chi connectivity index (χ4v) is 9.46. The van der Waals surface area contributed by atoms with Crippen LogP contribution in [0.5, 0.6) is 0 Å². The largest absolute Gasteiger partial charge is 0.393 e. The lowest BCUT2D eigenvalue weighted by Crippen LogP contribution is -2.62. The molecule has 4 unspecified atom stereocenters. The second kappa shape index (κ2) is 11.7. The molecule has 0 aromatic heterocycles. The molecule has 4 fully saturated rings. The summed E-state index contributed by atoms with van der Waals surface area (Å²) in [6.07, 6.45) is 5.67. The molecule has 4 rings (SSSR count). The number of aliphatic hydroxyl groups excluding tert-OH is 3. The maximum atomic E-state index is 12.2. The van der Waals surface area contributed by atoms with Crippen LogP contribution in [-0.4, -0.2) is 64.8 Å². The molecule has 0 aromatic rings. The van der Waals surface area contributed by atoms with Gasteiger partial charge in [0, 0.05) is 13.0 Å². The van der Waals surface area contributed by atoms with Crippen LogP contribution in [0.25, 0.3) is 0 Å². The normalized spacial score (nSPS) is 43.9. The fraction of sp³-hybridized carbons (Fsp3) is 0.962. The minimum absolute atomic E-state index is 0.0509. The second-order valence-corrected chi connectivity index (χ2v) is 14.2. The Hall–Kier alpha value is -0.820. The van der Waals surface area contributed by atoms with Gasteiger partial charge in [-0.3, -0.25) is 21.0 Å². The molecule has 0 aliphatic heterocycles. The van der Waals surface area contributed by atoms with Crippen molar-refractivity contribution in [3.63, 3.8) is 0 Å². The average molecular weight is 548 g/mol. The molecule has 0 spiro atoms. The average Bonchev–Trinajstić information content (AvgIpc) is 3.18. The van der Waals surface area contributed by atoms with Gasteiger partial charge in [0.05, 0.1) is 24.1 Å². The molecule has 4 aliphatic carbocycles. The zero-order valence-electron chi connectivity index (χ0n) is 22.6. The number of hydrogen-bond donors (Lipinski definition) is 7. The summed E-state index contributed by atoms with van der Waals surface area (Å²) in [5.74, 6) is 8.71. The monoisotopic (exact) mass is 547 g/mol. The molecular formula is C26H49N3O7S. The van der Waals surface area contributed by atoms with Gasteiger partial charge in [-0.2, -0.15) is 8.42 Å². The SMILES string of the molecule is C[C@H](CCC(=O)NCCS(=O)(=O)O)[C@H]1CCC2C3C(C[C@H](O)[C@@]21C)[C@@]1(C)CC[C@@H](O)CC1C[C@H]3O.NN. The number of fused-ring (bicyclic) bond motifs is 5. The first-order valence-electron chi connectivity index (χ1n) is 13.9. The van der Waals surface area contributed by atoms with Gasteiger partial charge in [-0.25, -0.2) is 0 Å². The van der Waals surface area contributed by atoms with E-state index in [2.05, 4.69) is 37.8 Å². The molecule has 1 amide bonds. The molecule has 4 saturated carbocycles. The van der Waals surface area contributed by atoms with Gasteiger partial charge in [-0.1, -0.05) is 20.8 Å². The Balaban J connectivity index is 0.00000186. The Morgan fingerprint density at radius 2 is 1.73 bits per heavy atom. The topological polar surface area (TPSA) is 196 Å². The molecule has 10 nitrogen and oxygen atoms in total. The smallest absolute Gasteiger partial charge is 0.266 e. The van der Waals surface area contributed by atoms with Crippen LogP contribution in [0.4, 0.5) is 0 Å². The summed E-state index contributed by atoms with van der Waals surface area (Å²) in [6.45, 7) is 6.56. The van der Waals surface area contributed by atoms with Crippen molar-refractivity contribution in [2.45, 2.75) is 96.9 Å². The molecular weight excluding hydrogens is 498 g/mol. The zero-order chi connectivity index (χ0) is 27.8. The predicted molar refractivity (Wildman–Crippen MR) is 140 cm³/mol. The van der Waals surface area contributed by atoms with E-state index in [1.54, 1.807) is 0 Å². The Kier molecular flexibility index (Phi) is 9.74. The van der Waals surface area contributed by atoms with Crippen molar-refractivity contribution in [3.05, 3.63) is 0 Å². The highest BCUT2D eigenvalue weighted by Gasteiger charge is 2.65. The third-order valence-electron chi connectivity index (χ3n) is 11.0. The van der Waals surface area contributed by atoms with E-state index in [0.717, 1.165) is 38.5 Å². The summed E-state index contributed by atoms with van der Waals surface area (Å²) in [5, 5.41) is 35.8. The number of carbonyl (C=O) groups is 1. The summed E-state index contributed by atoms with van der Waals surface area (Å²) < 4.78 is 30.5. The molecule has 0 saturated heterocycles. The van der Waals surface area contributed by atoms with Crippen molar-refractivity contribution in [1.29, 1.82) is 0 Å². The van der Waals surface area contributed by atoms with Crippen LogP contribution in [-0.2, 0) is 14.9 Å². The first-order valence-corrected chi connectivity index (χ1v) is 15.5. The van der Waals surface area contributed by atoms with Gasteiger partial charge in [-0.15, -0.1) is 0 Å². The van der Waals surface area contributed by atoms with E-state index in [-0.39, 0.29) is 65.4 Å². The summed E-state index contributed by atoms with van der Waals surface area (Å²) in [6, 6.07) is 0. The minimum Gasteiger partial charge on any atom is -0.393 e. The lowest BCUT2D eigenvalue weighted by molar-refractivity contribution is -0.207. The highest BCUT2D eigenvalue weighted by atomic mass is 32.2.